The molecule has 0 unspecified atom stereocenters. The number of carbonyl (C=O) groups excluding carboxylic acids is 2. The summed E-state index contributed by atoms with van der Waals surface area (Å²) >= 11 is 0. The van der Waals surface area contributed by atoms with Crippen LogP contribution in [0.2, 0.25) is 0 Å². The number of amides is 2. The molecule has 0 aliphatic carbocycles. The molecule has 2 heterocycles. The fourth-order valence-electron chi connectivity index (χ4n) is 3.04. The summed E-state index contributed by atoms with van der Waals surface area (Å²) in [6.07, 6.45) is 0. The van der Waals surface area contributed by atoms with Crippen molar-refractivity contribution in [3.8, 4) is 5.75 Å². The van der Waals surface area contributed by atoms with Crippen LogP contribution < -0.4 is 0 Å². The minimum atomic E-state index is -0.729. The van der Waals surface area contributed by atoms with E-state index in [4.69, 9.17) is 7.85 Å². The van der Waals surface area contributed by atoms with Crippen molar-refractivity contribution >= 4 is 36.3 Å². The largest absolute Gasteiger partial charge is 0.508 e. The van der Waals surface area contributed by atoms with Crippen LogP contribution in [0.3, 0.4) is 0 Å². The molecule has 0 spiro atoms. The number of aromatic hydroxyl groups is 1. The van der Waals surface area contributed by atoms with E-state index >= 15 is 0 Å². The molecule has 0 fully saturated rings. The maximum atomic E-state index is 12.6. The highest BCUT2D eigenvalue weighted by Gasteiger charge is 2.44. The topological polar surface area (TPSA) is 70.0 Å². The van der Waals surface area contributed by atoms with Gasteiger partial charge in [-0.1, -0.05) is 19.1 Å². The quantitative estimate of drug-likeness (QED) is 0.746. The zero-order chi connectivity index (χ0) is 15.6. The summed E-state index contributed by atoms with van der Waals surface area (Å²) in [5.41, 5.74) is 1.02. The highest BCUT2D eigenvalue weighted by Crippen LogP contribution is 2.36. The molecule has 0 saturated heterocycles. The van der Waals surface area contributed by atoms with Crippen LogP contribution in [0.5, 0.6) is 5.75 Å². The number of hydrogen-bond acceptors (Lipinski definition) is 3. The monoisotopic (exact) mass is 290 g/mol. The summed E-state index contributed by atoms with van der Waals surface area (Å²) in [6, 6.07) is 8.42. The first kappa shape index (κ1) is 13.1. The Kier molecular flexibility index (Phi) is 2.49. The number of hydrogen-bond donors (Lipinski definition) is 1. The van der Waals surface area contributed by atoms with Crippen molar-refractivity contribution in [1.29, 1.82) is 0 Å². The molecule has 5 nitrogen and oxygen atoms in total. The van der Waals surface area contributed by atoms with E-state index in [1.165, 1.54) is 4.90 Å². The second kappa shape index (κ2) is 4.19. The van der Waals surface area contributed by atoms with Crippen molar-refractivity contribution < 1.29 is 14.7 Å². The number of amidine groups is 1. The van der Waals surface area contributed by atoms with Crippen LogP contribution in [0.25, 0.3) is 10.8 Å². The summed E-state index contributed by atoms with van der Waals surface area (Å²) in [6.45, 7) is 1.66. The summed E-state index contributed by atoms with van der Waals surface area (Å²) in [5, 5.41) is 11.3. The molecular formula is C16H11BN2O3. The van der Waals surface area contributed by atoms with Crippen LogP contribution >= 0.6 is 0 Å². The van der Waals surface area contributed by atoms with Crippen LogP contribution in [-0.4, -0.2) is 41.4 Å². The molecule has 2 radical (unpaired) electrons. The van der Waals surface area contributed by atoms with Crippen LogP contribution in [0.1, 0.15) is 22.8 Å². The van der Waals surface area contributed by atoms with E-state index in [0.717, 1.165) is 5.39 Å². The van der Waals surface area contributed by atoms with Crippen molar-refractivity contribution in [2.75, 3.05) is 0 Å². The maximum absolute atomic E-state index is 12.6. The third-order valence-electron chi connectivity index (χ3n) is 4.32. The summed E-state index contributed by atoms with van der Waals surface area (Å²) in [7, 11) is 6.05. The fourth-order valence-corrected chi connectivity index (χ4v) is 3.04. The number of phenols is 1. The van der Waals surface area contributed by atoms with Gasteiger partial charge in [0.25, 0.3) is 11.8 Å². The Balaban J connectivity index is 2.08. The molecular weight excluding hydrogens is 279 g/mol. The van der Waals surface area contributed by atoms with Crippen molar-refractivity contribution in [1.82, 2.24) is 4.90 Å². The minimum absolute atomic E-state index is 0.0900. The van der Waals surface area contributed by atoms with Gasteiger partial charge in [-0.2, -0.15) is 4.99 Å². The van der Waals surface area contributed by atoms with E-state index in [-0.39, 0.29) is 23.4 Å². The highest BCUT2D eigenvalue weighted by molar-refractivity contribution is 6.34. The molecule has 2 atom stereocenters. The van der Waals surface area contributed by atoms with Crippen molar-refractivity contribution in [3.05, 3.63) is 41.5 Å². The SMILES string of the molecule is [B][C@H]1[C@@H](C)C(=O)N=C2c3c(ccc4ccc(O)cc34)C(=O)N21. The second-order valence-corrected chi connectivity index (χ2v) is 5.62. The van der Waals surface area contributed by atoms with E-state index in [9.17, 15) is 14.7 Å². The average molecular weight is 290 g/mol. The van der Waals surface area contributed by atoms with E-state index in [1.807, 2.05) is 0 Å². The summed E-state index contributed by atoms with van der Waals surface area (Å²) in [5.74, 6) is -1.49. The van der Waals surface area contributed by atoms with Gasteiger partial charge in [-0.3, -0.25) is 14.5 Å². The van der Waals surface area contributed by atoms with E-state index in [0.29, 0.717) is 16.5 Å². The normalized spacial score (nSPS) is 23.5. The second-order valence-electron chi connectivity index (χ2n) is 5.62. The van der Waals surface area contributed by atoms with Gasteiger partial charge in [0.2, 0.25) is 0 Å². The highest BCUT2D eigenvalue weighted by atomic mass is 16.3. The average Bonchev–Trinajstić information content (AvgIpc) is 2.78. The van der Waals surface area contributed by atoms with E-state index in [1.54, 1.807) is 37.3 Å². The molecule has 2 aromatic rings. The van der Waals surface area contributed by atoms with Gasteiger partial charge in [-0.15, -0.1) is 0 Å². The van der Waals surface area contributed by atoms with Crippen molar-refractivity contribution in [2.24, 2.45) is 10.9 Å². The predicted molar refractivity (Wildman–Crippen MR) is 82.0 cm³/mol. The van der Waals surface area contributed by atoms with Crippen molar-refractivity contribution in [2.45, 2.75) is 12.9 Å². The van der Waals surface area contributed by atoms with Gasteiger partial charge in [0, 0.05) is 17.4 Å². The molecule has 0 saturated carbocycles. The van der Waals surface area contributed by atoms with E-state index < -0.39 is 11.9 Å². The number of carbonyl (C=O) groups is 2. The Hall–Kier alpha value is -2.63. The predicted octanol–water partition coefficient (Wildman–Crippen LogP) is 1.42. The summed E-state index contributed by atoms with van der Waals surface area (Å²) in [4.78, 5) is 30.1. The number of rotatable bonds is 0. The number of phenolic OH excluding ortho intramolecular Hbond substituents is 1. The van der Waals surface area contributed by atoms with Crippen LogP contribution in [-0.2, 0) is 4.79 Å². The van der Waals surface area contributed by atoms with Gasteiger partial charge in [0.1, 0.15) is 19.4 Å². The molecule has 2 aromatic carbocycles. The van der Waals surface area contributed by atoms with Gasteiger partial charge in [-0.25, -0.2) is 0 Å². The molecule has 6 heteroatoms. The Morgan fingerprint density at radius 2 is 1.95 bits per heavy atom. The summed E-state index contributed by atoms with van der Waals surface area (Å²) < 4.78 is 0. The first-order chi connectivity index (χ1) is 10.5. The molecule has 22 heavy (non-hydrogen) atoms. The zero-order valence-corrected chi connectivity index (χ0v) is 11.8. The smallest absolute Gasteiger partial charge is 0.259 e. The third kappa shape index (κ3) is 1.52. The lowest BCUT2D eigenvalue weighted by molar-refractivity contribution is -0.122. The van der Waals surface area contributed by atoms with E-state index in [2.05, 4.69) is 4.99 Å². The Labute approximate surface area is 127 Å². The molecule has 2 amide bonds. The lowest BCUT2D eigenvalue weighted by Gasteiger charge is -2.32. The molecule has 1 N–H and O–H groups in total. The lowest BCUT2D eigenvalue weighted by atomic mass is 9.82. The van der Waals surface area contributed by atoms with Gasteiger partial charge in [-0.05, 0) is 29.0 Å². The van der Waals surface area contributed by atoms with Crippen LogP contribution in [0.15, 0.2) is 35.3 Å². The maximum Gasteiger partial charge on any atom is 0.259 e. The molecule has 2 aliphatic rings. The zero-order valence-electron chi connectivity index (χ0n) is 11.8. The standard InChI is InChI=1S/C16H11BN2O3/c1-7-13(17)19-14(18-15(7)21)12-10(16(19)22)5-3-8-2-4-9(20)6-11(8)12/h2-7,13,20H,1H3/t7-,13-/m1/s1. The fraction of sp³-hybridized carbons (Fsp3) is 0.188. The number of aliphatic imine (C=N–C) groups is 1. The van der Waals surface area contributed by atoms with Gasteiger partial charge >= 0.3 is 0 Å². The Bertz CT molecular complexity index is 890. The molecule has 0 aromatic heterocycles. The molecule has 4 rings (SSSR count). The molecule has 0 bridgehead atoms. The number of nitrogens with zero attached hydrogens (tertiary/aromatic N) is 2. The lowest BCUT2D eigenvalue weighted by Crippen LogP contribution is -2.50. The number of fused-ring (bicyclic) bond motifs is 5. The molecule has 106 valence electrons. The van der Waals surface area contributed by atoms with Gasteiger partial charge in [0.05, 0.1) is 5.56 Å². The Morgan fingerprint density at radius 1 is 1.23 bits per heavy atom. The number of benzene rings is 2. The molecule has 2 aliphatic heterocycles. The third-order valence-corrected chi connectivity index (χ3v) is 4.32. The van der Waals surface area contributed by atoms with Gasteiger partial charge < -0.3 is 5.11 Å². The van der Waals surface area contributed by atoms with Crippen LogP contribution in [0, 0.1) is 5.92 Å². The Morgan fingerprint density at radius 3 is 2.73 bits per heavy atom. The van der Waals surface area contributed by atoms with Crippen molar-refractivity contribution in [3.63, 3.8) is 0 Å². The van der Waals surface area contributed by atoms with Crippen LogP contribution in [0.4, 0.5) is 0 Å². The first-order valence-electron chi connectivity index (χ1n) is 6.97. The van der Waals surface area contributed by atoms with Gasteiger partial charge in [0.15, 0.2) is 0 Å². The first-order valence-corrected chi connectivity index (χ1v) is 6.97. The minimum Gasteiger partial charge on any atom is -0.508 e.